The average Bonchev–Trinajstić information content (AvgIpc) is 3.00. The predicted octanol–water partition coefficient (Wildman–Crippen LogP) is 2.34. The van der Waals surface area contributed by atoms with E-state index >= 15 is 0 Å². The summed E-state index contributed by atoms with van der Waals surface area (Å²) in [6.07, 6.45) is 2.12. The second kappa shape index (κ2) is 7.42. The lowest BCUT2D eigenvalue weighted by molar-refractivity contribution is -0.136. The van der Waals surface area contributed by atoms with Gasteiger partial charge in [-0.2, -0.15) is 0 Å². The van der Waals surface area contributed by atoms with E-state index in [0.29, 0.717) is 17.9 Å². The van der Waals surface area contributed by atoms with Gasteiger partial charge in [-0.05, 0) is 31.9 Å². The Hall–Kier alpha value is -2.22. The van der Waals surface area contributed by atoms with Crippen LogP contribution in [0.15, 0.2) is 24.3 Å². The van der Waals surface area contributed by atoms with Gasteiger partial charge >= 0.3 is 0 Å². The van der Waals surface area contributed by atoms with E-state index < -0.39 is 12.2 Å². The molecule has 3 aliphatic rings. The van der Waals surface area contributed by atoms with Gasteiger partial charge in [-0.15, -0.1) is 0 Å². The minimum Gasteiger partial charge on any atom is -0.482 e. The highest BCUT2D eigenvalue weighted by atomic mass is 32.2. The van der Waals surface area contributed by atoms with E-state index in [2.05, 4.69) is 5.32 Å². The normalized spacial score (nSPS) is 30.3. The molecule has 2 heterocycles. The summed E-state index contributed by atoms with van der Waals surface area (Å²) in [5.41, 5.74) is 0. The molecule has 1 aromatic carbocycles. The van der Waals surface area contributed by atoms with Crippen LogP contribution in [0.25, 0.3) is 0 Å². The summed E-state index contributed by atoms with van der Waals surface area (Å²) in [5, 5.41) is 2.80. The van der Waals surface area contributed by atoms with Crippen molar-refractivity contribution in [3.05, 3.63) is 24.3 Å². The maximum atomic E-state index is 12.9. The number of imide groups is 1. The molecule has 4 rings (SSSR count). The molecule has 1 saturated heterocycles. The topological polar surface area (TPSA) is 84.9 Å². The fourth-order valence-electron chi connectivity index (χ4n) is 3.94. The number of ether oxygens (including phenoxy) is 2. The maximum absolute atomic E-state index is 12.9. The van der Waals surface area contributed by atoms with Crippen molar-refractivity contribution in [1.82, 2.24) is 10.2 Å². The molecule has 4 unspecified atom stereocenters. The molecule has 0 spiro atoms. The van der Waals surface area contributed by atoms with Gasteiger partial charge in [0.2, 0.25) is 12.0 Å². The molecule has 2 fully saturated rings. The lowest BCUT2D eigenvalue weighted by Gasteiger charge is -2.38. The molecule has 0 bridgehead atoms. The van der Waals surface area contributed by atoms with Crippen molar-refractivity contribution >= 4 is 28.8 Å². The van der Waals surface area contributed by atoms with Gasteiger partial charge in [0.15, 0.2) is 11.5 Å². The van der Waals surface area contributed by atoms with Crippen LogP contribution in [-0.4, -0.2) is 52.0 Å². The molecule has 1 aliphatic carbocycles. The van der Waals surface area contributed by atoms with E-state index in [1.807, 2.05) is 12.1 Å². The lowest BCUT2D eigenvalue weighted by Crippen LogP contribution is -2.58. The summed E-state index contributed by atoms with van der Waals surface area (Å²) < 4.78 is 11.7. The van der Waals surface area contributed by atoms with Crippen molar-refractivity contribution in [1.29, 1.82) is 0 Å². The zero-order chi connectivity index (χ0) is 19.0. The first-order chi connectivity index (χ1) is 13.0. The standard InChI is InChI=1S/C19H22N2O5S/c1-11-17(26-15-9-5-4-8-14(15)25-11)18(23)20-12-6-2-3-7-13(12)21-16(22)10-27-19(21)24/h4-5,8-9,11-13,17H,2-3,6-7,10H2,1H3,(H,20,23). The van der Waals surface area contributed by atoms with Crippen molar-refractivity contribution < 1.29 is 23.9 Å². The molecule has 3 amide bonds. The van der Waals surface area contributed by atoms with Crippen molar-refractivity contribution in [2.45, 2.75) is 56.9 Å². The van der Waals surface area contributed by atoms with Crippen LogP contribution >= 0.6 is 11.8 Å². The fraction of sp³-hybridized carbons (Fsp3) is 0.526. The minimum absolute atomic E-state index is 0.171. The molecule has 0 aromatic heterocycles. The van der Waals surface area contributed by atoms with Crippen LogP contribution in [0.2, 0.25) is 0 Å². The van der Waals surface area contributed by atoms with Crippen LogP contribution in [-0.2, 0) is 9.59 Å². The van der Waals surface area contributed by atoms with Gasteiger partial charge in [-0.1, -0.05) is 36.7 Å². The smallest absolute Gasteiger partial charge is 0.289 e. The fourth-order valence-corrected chi connectivity index (χ4v) is 4.71. The largest absolute Gasteiger partial charge is 0.482 e. The maximum Gasteiger partial charge on any atom is 0.289 e. The zero-order valence-electron chi connectivity index (χ0n) is 15.1. The summed E-state index contributed by atoms with van der Waals surface area (Å²) in [4.78, 5) is 38.5. The lowest BCUT2D eigenvalue weighted by atomic mass is 9.89. The molecule has 1 aromatic rings. The predicted molar refractivity (Wildman–Crippen MR) is 99.8 cm³/mol. The summed E-state index contributed by atoms with van der Waals surface area (Å²) in [6, 6.07) is 6.70. The Balaban J connectivity index is 1.48. The Labute approximate surface area is 161 Å². The summed E-state index contributed by atoms with van der Waals surface area (Å²) >= 11 is 1.03. The van der Waals surface area contributed by atoms with Crippen LogP contribution in [0.5, 0.6) is 11.5 Å². The Bertz CT molecular complexity index is 754. The number of para-hydroxylation sites is 2. The Morgan fingerprint density at radius 3 is 2.56 bits per heavy atom. The SMILES string of the molecule is CC1Oc2ccccc2OC1C(=O)NC1CCCCC1N1C(=O)CSC1=O. The van der Waals surface area contributed by atoms with Gasteiger partial charge in [0, 0.05) is 6.04 Å². The van der Waals surface area contributed by atoms with Gasteiger partial charge in [-0.25, -0.2) is 0 Å². The summed E-state index contributed by atoms with van der Waals surface area (Å²) in [5.74, 6) is 0.895. The molecule has 144 valence electrons. The molecular weight excluding hydrogens is 368 g/mol. The van der Waals surface area contributed by atoms with E-state index in [1.165, 1.54) is 4.90 Å². The van der Waals surface area contributed by atoms with Gasteiger partial charge in [0.05, 0.1) is 11.8 Å². The van der Waals surface area contributed by atoms with E-state index in [9.17, 15) is 14.4 Å². The van der Waals surface area contributed by atoms with E-state index in [1.54, 1.807) is 19.1 Å². The first kappa shape index (κ1) is 18.2. The number of hydrogen-bond donors (Lipinski definition) is 1. The minimum atomic E-state index is -0.776. The highest BCUT2D eigenvalue weighted by Crippen LogP contribution is 2.34. The van der Waals surface area contributed by atoms with Gasteiger partial charge < -0.3 is 14.8 Å². The molecule has 7 nitrogen and oxygen atoms in total. The van der Waals surface area contributed by atoms with Crippen LogP contribution in [0.3, 0.4) is 0 Å². The first-order valence-electron chi connectivity index (χ1n) is 9.26. The van der Waals surface area contributed by atoms with Gasteiger partial charge in [0.25, 0.3) is 11.1 Å². The van der Waals surface area contributed by atoms with Crippen molar-refractivity contribution in [3.8, 4) is 11.5 Å². The number of nitrogens with one attached hydrogen (secondary N) is 1. The third kappa shape index (κ3) is 3.50. The summed E-state index contributed by atoms with van der Waals surface area (Å²) in [7, 11) is 0. The number of hydrogen-bond acceptors (Lipinski definition) is 6. The highest BCUT2D eigenvalue weighted by Gasteiger charge is 2.43. The van der Waals surface area contributed by atoms with Gasteiger partial charge in [-0.3, -0.25) is 19.3 Å². The average molecular weight is 390 g/mol. The van der Waals surface area contributed by atoms with Crippen LogP contribution < -0.4 is 14.8 Å². The first-order valence-corrected chi connectivity index (χ1v) is 10.2. The Morgan fingerprint density at radius 1 is 1.15 bits per heavy atom. The van der Waals surface area contributed by atoms with E-state index in [-0.39, 0.29) is 34.9 Å². The zero-order valence-corrected chi connectivity index (χ0v) is 15.9. The van der Waals surface area contributed by atoms with Crippen LogP contribution in [0.4, 0.5) is 4.79 Å². The third-order valence-electron chi connectivity index (χ3n) is 5.27. The van der Waals surface area contributed by atoms with Gasteiger partial charge in [0.1, 0.15) is 6.10 Å². The number of fused-ring (bicyclic) bond motifs is 1. The number of carbonyl (C=O) groups excluding carboxylic acids is 3. The van der Waals surface area contributed by atoms with Crippen molar-refractivity contribution in [2.24, 2.45) is 0 Å². The van der Waals surface area contributed by atoms with Crippen LogP contribution in [0.1, 0.15) is 32.6 Å². The number of benzene rings is 1. The number of thioether (sulfide) groups is 1. The molecular formula is C19H22N2O5S. The Morgan fingerprint density at radius 2 is 1.85 bits per heavy atom. The molecule has 1 saturated carbocycles. The molecule has 8 heteroatoms. The van der Waals surface area contributed by atoms with Crippen molar-refractivity contribution in [2.75, 3.05) is 5.75 Å². The number of carbonyl (C=O) groups is 3. The van der Waals surface area contributed by atoms with Crippen molar-refractivity contribution in [3.63, 3.8) is 0 Å². The molecule has 1 N–H and O–H groups in total. The third-order valence-corrected chi connectivity index (χ3v) is 6.11. The van der Waals surface area contributed by atoms with E-state index in [4.69, 9.17) is 9.47 Å². The number of nitrogens with zero attached hydrogens (tertiary/aromatic N) is 1. The molecule has 27 heavy (non-hydrogen) atoms. The second-order valence-electron chi connectivity index (χ2n) is 7.09. The van der Waals surface area contributed by atoms with E-state index in [0.717, 1.165) is 31.0 Å². The molecule has 0 radical (unpaired) electrons. The summed E-state index contributed by atoms with van der Waals surface area (Å²) in [6.45, 7) is 1.79. The molecule has 2 aliphatic heterocycles. The second-order valence-corrected chi connectivity index (χ2v) is 8.02. The number of amides is 3. The highest BCUT2D eigenvalue weighted by molar-refractivity contribution is 8.14. The Kier molecular flexibility index (Phi) is 4.99. The van der Waals surface area contributed by atoms with Crippen LogP contribution in [0, 0.1) is 0 Å². The molecule has 4 atom stereocenters. The number of rotatable bonds is 3. The monoisotopic (exact) mass is 390 g/mol. The quantitative estimate of drug-likeness (QED) is 0.853.